The van der Waals surface area contributed by atoms with Gasteiger partial charge in [0.25, 0.3) is 0 Å². The number of allylic oxidation sites excluding steroid dienone is 1. The van der Waals surface area contributed by atoms with Crippen LogP contribution in [0, 0.1) is 11.3 Å². The van der Waals surface area contributed by atoms with Gasteiger partial charge in [-0.05, 0) is 49.8 Å². The van der Waals surface area contributed by atoms with Crippen LogP contribution in [-0.2, 0) is 0 Å². The Morgan fingerprint density at radius 2 is 2.12 bits per heavy atom. The zero-order chi connectivity index (χ0) is 11.7. The van der Waals surface area contributed by atoms with Crippen LogP contribution in [0.15, 0.2) is 17.7 Å². The first kappa shape index (κ1) is 11.2. The highest BCUT2D eigenvalue weighted by Crippen LogP contribution is 2.43. The molecule has 1 saturated carbocycles. The van der Waals surface area contributed by atoms with E-state index in [1.807, 2.05) is 6.07 Å². The summed E-state index contributed by atoms with van der Waals surface area (Å²) in [5.74, 6) is 0.553. The highest BCUT2D eigenvalue weighted by Gasteiger charge is 2.27. The Morgan fingerprint density at radius 3 is 2.62 bits per heavy atom. The number of halogens is 1. The van der Waals surface area contributed by atoms with Crippen LogP contribution in [0.25, 0.3) is 6.08 Å². The summed E-state index contributed by atoms with van der Waals surface area (Å²) >= 11 is 6.14. The first-order chi connectivity index (χ1) is 7.61. The van der Waals surface area contributed by atoms with Crippen LogP contribution in [0.3, 0.4) is 0 Å². The molecule has 0 radical (unpaired) electrons. The van der Waals surface area contributed by atoms with Crippen molar-refractivity contribution in [1.82, 2.24) is 0 Å². The summed E-state index contributed by atoms with van der Waals surface area (Å²) in [5.41, 5.74) is 4.13. The minimum absolute atomic E-state index is 0.553. The molecule has 1 aromatic carbocycles. The maximum absolute atomic E-state index is 9.10. The predicted octanol–water partition coefficient (Wildman–Crippen LogP) is 4.51. The fourth-order valence-electron chi connectivity index (χ4n) is 1.90. The number of nitrogens with zero attached hydrogens (tertiary/aromatic N) is 1. The third kappa shape index (κ3) is 2.28. The molecular weight excluding hydrogens is 218 g/mol. The summed E-state index contributed by atoms with van der Waals surface area (Å²) in [6.07, 6.45) is 4.46. The summed E-state index contributed by atoms with van der Waals surface area (Å²) in [4.78, 5) is 0. The van der Waals surface area contributed by atoms with E-state index in [0.717, 1.165) is 11.1 Å². The number of benzene rings is 1. The van der Waals surface area contributed by atoms with Crippen molar-refractivity contribution >= 4 is 17.7 Å². The van der Waals surface area contributed by atoms with Gasteiger partial charge in [-0.2, -0.15) is 5.26 Å². The van der Waals surface area contributed by atoms with Crippen LogP contribution >= 0.6 is 11.6 Å². The number of nitriles is 1. The zero-order valence-corrected chi connectivity index (χ0v) is 10.3. The van der Waals surface area contributed by atoms with E-state index in [-0.39, 0.29) is 0 Å². The van der Waals surface area contributed by atoms with E-state index in [2.05, 4.69) is 32.1 Å². The Kier molecular flexibility index (Phi) is 3.03. The lowest BCUT2D eigenvalue weighted by Gasteiger charge is -2.06. The van der Waals surface area contributed by atoms with Crippen LogP contribution < -0.4 is 0 Å². The lowest BCUT2D eigenvalue weighted by molar-refractivity contribution is 1.11. The summed E-state index contributed by atoms with van der Waals surface area (Å²) in [6, 6.07) is 6.19. The quantitative estimate of drug-likeness (QED) is 0.735. The fraction of sp³-hybridized carbons (Fsp3) is 0.357. The SMILES string of the molecule is CC(C)=Cc1cc(Cl)c(C#N)c(C2CC2)c1. The number of hydrogen-bond donors (Lipinski definition) is 0. The molecule has 16 heavy (non-hydrogen) atoms. The smallest absolute Gasteiger partial charge is 0.101 e. The second-order valence-corrected chi connectivity index (χ2v) is 4.98. The van der Waals surface area contributed by atoms with Crippen LogP contribution in [0.1, 0.15) is 49.3 Å². The van der Waals surface area contributed by atoms with E-state index in [4.69, 9.17) is 16.9 Å². The van der Waals surface area contributed by atoms with Gasteiger partial charge >= 0.3 is 0 Å². The van der Waals surface area contributed by atoms with E-state index in [9.17, 15) is 0 Å². The van der Waals surface area contributed by atoms with E-state index >= 15 is 0 Å². The molecule has 0 bridgehead atoms. The molecular formula is C14H14ClN. The molecule has 0 N–H and O–H groups in total. The first-order valence-electron chi connectivity index (χ1n) is 5.50. The molecule has 0 spiro atoms. The second-order valence-electron chi connectivity index (χ2n) is 4.57. The highest BCUT2D eigenvalue weighted by atomic mass is 35.5. The Morgan fingerprint density at radius 1 is 1.44 bits per heavy atom. The second kappa shape index (κ2) is 4.31. The van der Waals surface area contributed by atoms with Crippen LogP contribution in [0.5, 0.6) is 0 Å². The molecule has 0 saturated heterocycles. The van der Waals surface area contributed by atoms with Crippen molar-refractivity contribution in [3.05, 3.63) is 39.4 Å². The van der Waals surface area contributed by atoms with Gasteiger partial charge in [-0.25, -0.2) is 0 Å². The van der Waals surface area contributed by atoms with Crippen LogP contribution in [0.4, 0.5) is 0 Å². The molecule has 0 atom stereocenters. The van der Waals surface area contributed by atoms with Crippen LogP contribution in [0.2, 0.25) is 5.02 Å². The Labute approximate surface area is 101 Å². The average molecular weight is 232 g/mol. The van der Waals surface area contributed by atoms with E-state index in [1.165, 1.54) is 18.4 Å². The molecule has 0 aromatic heterocycles. The lowest BCUT2D eigenvalue weighted by atomic mass is 10.00. The molecule has 0 heterocycles. The van der Waals surface area contributed by atoms with Gasteiger partial charge < -0.3 is 0 Å². The summed E-state index contributed by atoms with van der Waals surface area (Å²) in [6.45, 7) is 4.12. The molecule has 1 aromatic rings. The minimum atomic E-state index is 0.553. The van der Waals surface area contributed by atoms with Crippen molar-refractivity contribution in [1.29, 1.82) is 5.26 Å². The van der Waals surface area contributed by atoms with Gasteiger partial charge in [-0.15, -0.1) is 0 Å². The van der Waals surface area contributed by atoms with Crippen molar-refractivity contribution in [2.45, 2.75) is 32.6 Å². The third-order valence-electron chi connectivity index (χ3n) is 2.73. The predicted molar refractivity (Wildman–Crippen MR) is 67.5 cm³/mol. The van der Waals surface area contributed by atoms with E-state index in [1.54, 1.807) is 0 Å². The zero-order valence-electron chi connectivity index (χ0n) is 9.55. The van der Waals surface area contributed by atoms with Crippen molar-refractivity contribution in [3.8, 4) is 6.07 Å². The van der Waals surface area contributed by atoms with E-state index < -0.39 is 0 Å². The van der Waals surface area contributed by atoms with Crippen molar-refractivity contribution in [3.63, 3.8) is 0 Å². The Balaban J connectivity index is 2.53. The van der Waals surface area contributed by atoms with Crippen molar-refractivity contribution < 1.29 is 0 Å². The minimum Gasteiger partial charge on any atom is -0.192 e. The lowest BCUT2D eigenvalue weighted by Crippen LogP contribution is -1.90. The molecule has 2 rings (SSSR count). The van der Waals surface area contributed by atoms with Gasteiger partial charge in [-0.3, -0.25) is 0 Å². The Bertz CT molecular complexity index is 486. The standard InChI is InChI=1S/C14H14ClN/c1-9(2)5-10-6-12(11-3-4-11)13(8-16)14(15)7-10/h5-7,11H,3-4H2,1-2H3. The highest BCUT2D eigenvalue weighted by molar-refractivity contribution is 6.32. The van der Waals surface area contributed by atoms with Gasteiger partial charge in [0.05, 0.1) is 10.6 Å². The summed E-state index contributed by atoms with van der Waals surface area (Å²) < 4.78 is 0. The largest absolute Gasteiger partial charge is 0.192 e. The molecule has 0 aliphatic heterocycles. The number of rotatable bonds is 2. The molecule has 0 unspecified atom stereocenters. The average Bonchev–Trinajstić information content (AvgIpc) is 2.98. The van der Waals surface area contributed by atoms with Gasteiger partial charge in [0.15, 0.2) is 0 Å². The molecule has 1 aliphatic carbocycles. The first-order valence-corrected chi connectivity index (χ1v) is 5.88. The van der Waals surface area contributed by atoms with Crippen LogP contribution in [-0.4, -0.2) is 0 Å². The van der Waals surface area contributed by atoms with Gasteiger partial charge in [0.2, 0.25) is 0 Å². The molecule has 1 fully saturated rings. The Hall–Kier alpha value is -1.26. The topological polar surface area (TPSA) is 23.8 Å². The number of hydrogen-bond acceptors (Lipinski definition) is 1. The van der Waals surface area contributed by atoms with Crippen molar-refractivity contribution in [2.75, 3.05) is 0 Å². The molecule has 1 aliphatic rings. The molecule has 1 nitrogen and oxygen atoms in total. The summed E-state index contributed by atoms with van der Waals surface area (Å²) in [7, 11) is 0. The molecule has 2 heteroatoms. The van der Waals surface area contributed by atoms with E-state index in [0.29, 0.717) is 16.5 Å². The monoisotopic (exact) mass is 231 g/mol. The molecule has 0 amide bonds. The normalized spacial score (nSPS) is 14.4. The molecule has 82 valence electrons. The van der Waals surface area contributed by atoms with Gasteiger partial charge in [0, 0.05) is 0 Å². The van der Waals surface area contributed by atoms with Gasteiger partial charge in [-0.1, -0.05) is 29.3 Å². The summed E-state index contributed by atoms with van der Waals surface area (Å²) in [5, 5.41) is 9.68. The maximum atomic E-state index is 9.10. The van der Waals surface area contributed by atoms with Gasteiger partial charge in [0.1, 0.15) is 6.07 Å². The third-order valence-corrected chi connectivity index (χ3v) is 3.03. The fourth-order valence-corrected chi connectivity index (χ4v) is 2.18. The maximum Gasteiger partial charge on any atom is 0.101 e. The van der Waals surface area contributed by atoms with Crippen molar-refractivity contribution in [2.24, 2.45) is 0 Å².